The molecule has 0 radical (unpaired) electrons. The van der Waals surface area contributed by atoms with E-state index in [1.807, 2.05) is 0 Å². The number of carboxylic acids is 1. The summed E-state index contributed by atoms with van der Waals surface area (Å²) in [6.07, 6.45) is -1.52. The lowest BCUT2D eigenvalue weighted by Crippen LogP contribution is -2.42. The van der Waals surface area contributed by atoms with Gasteiger partial charge in [0.05, 0.1) is 0 Å². The van der Waals surface area contributed by atoms with Crippen LogP contribution in [0.3, 0.4) is 0 Å². The summed E-state index contributed by atoms with van der Waals surface area (Å²) in [5.41, 5.74) is 0.313. The standard InChI is InChI=1S/C17H15F2NO4/c18-13-7-4-8-14(19)12(13)9-15(16(21)22)20-17(23)24-10-11-5-2-1-3-6-11/h1-8,15H,9-10H2,(H,20,23)(H,21,22)/t15-/m0/s1. The van der Waals surface area contributed by atoms with E-state index in [0.29, 0.717) is 0 Å². The highest BCUT2D eigenvalue weighted by Gasteiger charge is 2.24. The van der Waals surface area contributed by atoms with Crippen LogP contribution in [0.15, 0.2) is 48.5 Å². The summed E-state index contributed by atoms with van der Waals surface area (Å²) in [4.78, 5) is 22.9. The van der Waals surface area contributed by atoms with E-state index >= 15 is 0 Å². The number of ether oxygens (including phenoxy) is 1. The molecule has 0 saturated heterocycles. The van der Waals surface area contributed by atoms with Gasteiger partial charge in [0.1, 0.15) is 24.3 Å². The summed E-state index contributed by atoms with van der Waals surface area (Å²) in [5, 5.41) is 11.2. The van der Waals surface area contributed by atoms with Gasteiger partial charge in [-0.2, -0.15) is 0 Å². The van der Waals surface area contributed by atoms with Crippen LogP contribution in [0.4, 0.5) is 13.6 Å². The molecule has 1 atom stereocenters. The third kappa shape index (κ3) is 4.77. The largest absolute Gasteiger partial charge is 0.480 e. The fourth-order valence-corrected chi connectivity index (χ4v) is 2.04. The lowest BCUT2D eigenvalue weighted by atomic mass is 10.0. The van der Waals surface area contributed by atoms with Gasteiger partial charge >= 0.3 is 12.1 Å². The third-order valence-corrected chi connectivity index (χ3v) is 3.27. The van der Waals surface area contributed by atoms with Crippen LogP contribution in [0.2, 0.25) is 0 Å². The number of alkyl carbamates (subject to hydrolysis) is 1. The zero-order chi connectivity index (χ0) is 17.5. The Morgan fingerprint density at radius 3 is 2.25 bits per heavy atom. The number of carboxylic acid groups (broad SMARTS) is 1. The predicted octanol–water partition coefficient (Wildman–Crippen LogP) is 2.89. The molecule has 0 aromatic heterocycles. The summed E-state index contributed by atoms with van der Waals surface area (Å²) in [5.74, 6) is -3.17. The van der Waals surface area contributed by atoms with Gasteiger partial charge in [0.2, 0.25) is 0 Å². The molecule has 0 aliphatic rings. The van der Waals surface area contributed by atoms with Gasteiger partial charge in [-0.1, -0.05) is 36.4 Å². The van der Waals surface area contributed by atoms with Crippen molar-refractivity contribution in [2.24, 2.45) is 0 Å². The Morgan fingerprint density at radius 2 is 1.67 bits per heavy atom. The highest BCUT2D eigenvalue weighted by molar-refractivity contribution is 5.80. The monoisotopic (exact) mass is 335 g/mol. The summed E-state index contributed by atoms with van der Waals surface area (Å²) in [6.45, 7) is -0.0485. The van der Waals surface area contributed by atoms with E-state index in [1.165, 1.54) is 6.07 Å². The lowest BCUT2D eigenvalue weighted by molar-refractivity contribution is -0.139. The molecule has 2 aromatic rings. The molecule has 126 valence electrons. The molecule has 0 aliphatic carbocycles. The Bertz CT molecular complexity index is 702. The van der Waals surface area contributed by atoms with Crippen molar-refractivity contribution in [2.45, 2.75) is 19.1 Å². The van der Waals surface area contributed by atoms with Gasteiger partial charge in [-0.05, 0) is 17.7 Å². The number of benzene rings is 2. The molecular weight excluding hydrogens is 320 g/mol. The normalized spacial score (nSPS) is 11.6. The fraction of sp³-hybridized carbons (Fsp3) is 0.176. The maximum absolute atomic E-state index is 13.6. The summed E-state index contributed by atoms with van der Waals surface area (Å²) in [6, 6.07) is 10.5. The van der Waals surface area contributed by atoms with Crippen LogP contribution < -0.4 is 5.32 Å². The van der Waals surface area contributed by atoms with Crippen molar-refractivity contribution in [3.05, 3.63) is 71.3 Å². The third-order valence-electron chi connectivity index (χ3n) is 3.27. The SMILES string of the molecule is O=C(N[C@@H](Cc1c(F)cccc1F)C(=O)O)OCc1ccccc1. The first-order chi connectivity index (χ1) is 11.5. The van der Waals surface area contributed by atoms with Crippen LogP contribution in [0.5, 0.6) is 0 Å². The number of nitrogens with one attached hydrogen (secondary N) is 1. The maximum atomic E-state index is 13.6. The molecule has 0 spiro atoms. The Labute approximate surface area is 136 Å². The fourth-order valence-electron chi connectivity index (χ4n) is 2.04. The second-order valence-corrected chi connectivity index (χ2v) is 5.00. The molecule has 7 heteroatoms. The molecule has 2 N–H and O–H groups in total. The zero-order valence-electron chi connectivity index (χ0n) is 12.5. The van der Waals surface area contributed by atoms with Gasteiger partial charge in [-0.15, -0.1) is 0 Å². The molecule has 0 unspecified atom stereocenters. The van der Waals surface area contributed by atoms with Crippen molar-refractivity contribution in [3.8, 4) is 0 Å². The first-order valence-electron chi connectivity index (χ1n) is 7.10. The molecule has 2 aromatic carbocycles. The number of hydrogen-bond acceptors (Lipinski definition) is 3. The number of carbonyl (C=O) groups excluding carboxylic acids is 1. The number of carbonyl (C=O) groups is 2. The first kappa shape index (κ1) is 17.4. The Balaban J connectivity index is 1.98. The van der Waals surface area contributed by atoms with Crippen molar-refractivity contribution >= 4 is 12.1 Å². The number of halogens is 2. The first-order valence-corrected chi connectivity index (χ1v) is 7.10. The highest BCUT2D eigenvalue weighted by Crippen LogP contribution is 2.14. The minimum Gasteiger partial charge on any atom is -0.480 e. The Morgan fingerprint density at radius 1 is 1.04 bits per heavy atom. The van der Waals surface area contributed by atoms with E-state index in [0.717, 1.165) is 17.7 Å². The molecule has 2 rings (SSSR count). The van der Waals surface area contributed by atoms with Gasteiger partial charge in [0.25, 0.3) is 0 Å². The molecule has 1 amide bonds. The van der Waals surface area contributed by atoms with Crippen LogP contribution in [-0.2, 0) is 22.6 Å². The Hall–Kier alpha value is -2.96. The highest BCUT2D eigenvalue weighted by atomic mass is 19.1. The molecule has 24 heavy (non-hydrogen) atoms. The minimum atomic E-state index is -1.51. The van der Waals surface area contributed by atoms with Crippen LogP contribution in [-0.4, -0.2) is 23.2 Å². The van der Waals surface area contributed by atoms with Crippen molar-refractivity contribution in [3.63, 3.8) is 0 Å². The van der Waals surface area contributed by atoms with Crippen LogP contribution >= 0.6 is 0 Å². The van der Waals surface area contributed by atoms with Crippen molar-refractivity contribution in [1.82, 2.24) is 5.32 Å². The molecule has 5 nitrogen and oxygen atoms in total. The van der Waals surface area contributed by atoms with E-state index in [9.17, 15) is 18.4 Å². The number of aliphatic carboxylic acids is 1. The van der Waals surface area contributed by atoms with E-state index < -0.39 is 41.7 Å². The quantitative estimate of drug-likeness (QED) is 0.851. The average molecular weight is 335 g/mol. The van der Waals surface area contributed by atoms with Crippen molar-refractivity contribution in [2.75, 3.05) is 0 Å². The Kier molecular flexibility index (Phi) is 5.83. The van der Waals surface area contributed by atoms with E-state index in [2.05, 4.69) is 5.32 Å². The van der Waals surface area contributed by atoms with Crippen LogP contribution in [0.25, 0.3) is 0 Å². The van der Waals surface area contributed by atoms with Gasteiger partial charge in [-0.3, -0.25) is 0 Å². The molecular formula is C17H15F2NO4. The van der Waals surface area contributed by atoms with E-state index in [4.69, 9.17) is 9.84 Å². The maximum Gasteiger partial charge on any atom is 0.408 e. The molecule has 0 fully saturated rings. The van der Waals surface area contributed by atoms with Crippen LogP contribution in [0, 0.1) is 11.6 Å². The second kappa shape index (κ2) is 8.05. The molecule has 0 bridgehead atoms. The van der Waals surface area contributed by atoms with Crippen molar-refractivity contribution < 1.29 is 28.2 Å². The predicted molar refractivity (Wildman–Crippen MR) is 81.2 cm³/mol. The van der Waals surface area contributed by atoms with Crippen molar-refractivity contribution in [1.29, 1.82) is 0 Å². The van der Waals surface area contributed by atoms with Gasteiger partial charge in [0.15, 0.2) is 0 Å². The van der Waals surface area contributed by atoms with Gasteiger partial charge in [-0.25, -0.2) is 18.4 Å². The zero-order valence-corrected chi connectivity index (χ0v) is 12.5. The van der Waals surface area contributed by atoms with Gasteiger partial charge < -0.3 is 15.2 Å². The number of amides is 1. The van der Waals surface area contributed by atoms with E-state index in [1.54, 1.807) is 30.3 Å². The summed E-state index contributed by atoms with van der Waals surface area (Å²) in [7, 11) is 0. The molecule has 0 aliphatic heterocycles. The molecule has 0 saturated carbocycles. The number of hydrogen-bond donors (Lipinski definition) is 2. The second-order valence-electron chi connectivity index (χ2n) is 5.00. The lowest BCUT2D eigenvalue weighted by Gasteiger charge is -2.15. The van der Waals surface area contributed by atoms with Crippen LogP contribution in [0.1, 0.15) is 11.1 Å². The number of rotatable bonds is 6. The summed E-state index contributed by atoms with van der Waals surface area (Å²) < 4.78 is 32.1. The molecule has 0 heterocycles. The average Bonchev–Trinajstić information content (AvgIpc) is 2.56. The summed E-state index contributed by atoms with van der Waals surface area (Å²) >= 11 is 0. The van der Waals surface area contributed by atoms with E-state index in [-0.39, 0.29) is 6.61 Å². The topological polar surface area (TPSA) is 75.6 Å². The smallest absolute Gasteiger partial charge is 0.408 e. The minimum absolute atomic E-state index is 0.0485. The van der Waals surface area contributed by atoms with Gasteiger partial charge in [0, 0.05) is 12.0 Å².